The molecule has 2 aromatic rings. The molecule has 2 unspecified atom stereocenters. The number of piperazine rings is 1. The highest BCUT2D eigenvalue weighted by molar-refractivity contribution is 7.89. The molecule has 1 aliphatic carbocycles. The second-order valence-corrected chi connectivity index (χ2v) is 10.2. The van der Waals surface area contributed by atoms with Crippen molar-refractivity contribution in [2.75, 3.05) is 38.0 Å². The van der Waals surface area contributed by atoms with Gasteiger partial charge in [0.1, 0.15) is 0 Å². The van der Waals surface area contributed by atoms with Crippen LogP contribution in [0.15, 0.2) is 53.4 Å². The van der Waals surface area contributed by atoms with Crippen molar-refractivity contribution in [1.29, 1.82) is 0 Å². The molecule has 0 spiro atoms. The summed E-state index contributed by atoms with van der Waals surface area (Å²) in [4.78, 5) is 15.1. The molecular formula is C22H26ClN3O3S. The van der Waals surface area contributed by atoms with Gasteiger partial charge < -0.3 is 10.2 Å². The summed E-state index contributed by atoms with van der Waals surface area (Å²) in [6, 6.07) is 14.0. The van der Waals surface area contributed by atoms with Gasteiger partial charge >= 0.3 is 0 Å². The van der Waals surface area contributed by atoms with Crippen molar-refractivity contribution >= 4 is 33.2 Å². The highest BCUT2D eigenvalue weighted by Crippen LogP contribution is 2.50. The minimum Gasteiger partial charge on any atom is -0.326 e. The third kappa shape index (κ3) is 4.39. The van der Waals surface area contributed by atoms with E-state index in [1.807, 2.05) is 24.3 Å². The van der Waals surface area contributed by atoms with Gasteiger partial charge in [0, 0.05) is 42.8 Å². The first-order valence-corrected chi connectivity index (χ1v) is 12.1. The Morgan fingerprint density at radius 2 is 1.73 bits per heavy atom. The molecule has 0 bridgehead atoms. The highest BCUT2D eigenvalue weighted by atomic mass is 35.5. The minimum absolute atomic E-state index is 0.0637. The topological polar surface area (TPSA) is 69.7 Å². The van der Waals surface area contributed by atoms with Gasteiger partial charge in [0.25, 0.3) is 0 Å². The summed E-state index contributed by atoms with van der Waals surface area (Å²) in [5.74, 6) is -0.0328. The van der Waals surface area contributed by atoms with E-state index in [0.717, 1.165) is 31.6 Å². The smallest absolute Gasteiger partial charge is 0.243 e. The van der Waals surface area contributed by atoms with E-state index in [2.05, 4.69) is 17.1 Å². The average molecular weight is 448 g/mol. The lowest BCUT2D eigenvalue weighted by molar-refractivity contribution is -0.117. The molecule has 160 valence electrons. The summed E-state index contributed by atoms with van der Waals surface area (Å²) >= 11 is 6.23. The van der Waals surface area contributed by atoms with Gasteiger partial charge in [0.2, 0.25) is 15.9 Å². The zero-order chi connectivity index (χ0) is 21.3. The first-order valence-electron chi connectivity index (χ1n) is 10.3. The van der Waals surface area contributed by atoms with Crippen molar-refractivity contribution in [2.24, 2.45) is 5.92 Å². The van der Waals surface area contributed by atoms with Crippen molar-refractivity contribution in [2.45, 2.75) is 24.2 Å². The molecule has 1 heterocycles. The van der Waals surface area contributed by atoms with Crippen molar-refractivity contribution < 1.29 is 13.2 Å². The van der Waals surface area contributed by atoms with Gasteiger partial charge in [-0.25, -0.2) is 8.42 Å². The Balaban J connectivity index is 1.37. The fraction of sp³-hybridized carbons (Fsp3) is 0.409. The number of carbonyl (C=O) groups excluding carboxylic acids is 1. The standard InChI is InChI=1S/C22H26ClN3O3S/c1-2-25-11-13-26(14-12-25)30(28,29)17-9-7-16(8-10-17)24-22(27)20-15-19(20)18-5-3-4-6-21(18)23/h3-10,19-20H,2,11-15H2,1H3,(H,24,27). The van der Waals surface area contributed by atoms with Crippen LogP contribution in [-0.4, -0.2) is 56.3 Å². The summed E-state index contributed by atoms with van der Waals surface area (Å²) in [6.07, 6.45) is 0.770. The summed E-state index contributed by atoms with van der Waals surface area (Å²) in [5, 5.41) is 3.58. The van der Waals surface area contributed by atoms with Gasteiger partial charge in [0.05, 0.1) is 4.90 Å². The molecule has 6 nitrogen and oxygen atoms in total. The van der Waals surface area contributed by atoms with E-state index in [1.165, 1.54) is 4.31 Å². The molecule has 2 aromatic carbocycles. The third-order valence-corrected chi connectivity index (χ3v) is 8.23. The number of nitrogens with zero attached hydrogens (tertiary/aromatic N) is 2. The quantitative estimate of drug-likeness (QED) is 0.736. The second-order valence-electron chi connectivity index (χ2n) is 7.82. The molecule has 8 heteroatoms. The van der Waals surface area contributed by atoms with E-state index in [9.17, 15) is 13.2 Å². The first kappa shape index (κ1) is 21.3. The van der Waals surface area contributed by atoms with Gasteiger partial charge in [-0.05, 0) is 54.8 Å². The van der Waals surface area contributed by atoms with Crippen LogP contribution in [0.4, 0.5) is 5.69 Å². The molecule has 0 radical (unpaired) electrons. The van der Waals surface area contributed by atoms with Crippen LogP contribution in [0.2, 0.25) is 5.02 Å². The summed E-state index contributed by atoms with van der Waals surface area (Å²) in [7, 11) is -3.51. The molecule has 1 saturated carbocycles. The fourth-order valence-electron chi connectivity index (χ4n) is 3.98. The number of likely N-dealkylation sites (N-methyl/N-ethyl adjacent to an activating group) is 1. The molecule has 2 aliphatic rings. The van der Waals surface area contributed by atoms with E-state index < -0.39 is 10.0 Å². The Morgan fingerprint density at radius 1 is 1.07 bits per heavy atom. The summed E-state index contributed by atoms with van der Waals surface area (Å²) in [6.45, 7) is 5.51. The number of anilines is 1. The lowest BCUT2D eigenvalue weighted by Crippen LogP contribution is -2.48. The maximum absolute atomic E-state index is 12.9. The predicted molar refractivity (Wildman–Crippen MR) is 118 cm³/mol. The Kier molecular flexibility index (Phi) is 6.16. The van der Waals surface area contributed by atoms with Crippen molar-refractivity contribution in [3.05, 3.63) is 59.1 Å². The van der Waals surface area contributed by atoms with Gasteiger partial charge in [-0.2, -0.15) is 4.31 Å². The number of amides is 1. The molecule has 4 rings (SSSR count). The molecule has 0 aromatic heterocycles. The lowest BCUT2D eigenvalue weighted by atomic mass is 10.1. The van der Waals surface area contributed by atoms with Crippen LogP contribution in [0.5, 0.6) is 0 Å². The van der Waals surface area contributed by atoms with E-state index >= 15 is 0 Å². The number of benzene rings is 2. The van der Waals surface area contributed by atoms with E-state index in [-0.39, 0.29) is 22.6 Å². The average Bonchev–Trinajstić information content (AvgIpc) is 3.55. The molecule has 1 amide bonds. The number of carbonyl (C=O) groups is 1. The van der Waals surface area contributed by atoms with Crippen LogP contribution in [0, 0.1) is 5.92 Å². The molecule has 2 fully saturated rings. The first-order chi connectivity index (χ1) is 14.4. The largest absolute Gasteiger partial charge is 0.326 e. The fourth-order valence-corrected chi connectivity index (χ4v) is 5.68. The van der Waals surface area contributed by atoms with Crippen LogP contribution in [0.1, 0.15) is 24.8 Å². The number of rotatable bonds is 6. The Labute approximate surface area is 182 Å². The number of nitrogens with one attached hydrogen (secondary N) is 1. The normalized spacial score (nSPS) is 22.6. The summed E-state index contributed by atoms with van der Waals surface area (Å²) < 4.78 is 27.3. The SMILES string of the molecule is CCN1CCN(S(=O)(=O)c2ccc(NC(=O)C3CC3c3ccccc3Cl)cc2)CC1. The Bertz CT molecular complexity index is 1020. The molecule has 2 atom stereocenters. The Hall–Kier alpha value is -1.93. The van der Waals surface area contributed by atoms with Crippen LogP contribution in [-0.2, 0) is 14.8 Å². The predicted octanol–water partition coefficient (Wildman–Crippen LogP) is 3.41. The molecule has 1 N–H and O–H groups in total. The van der Waals surface area contributed by atoms with Gasteiger partial charge in [-0.15, -0.1) is 0 Å². The van der Waals surface area contributed by atoms with Gasteiger partial charge in [-0.3, -0.25) is 4.79 Å². The minimum atomic E-state index is -3.51. The third-order valence-electron chi connectivity index (χ3n) is 5.97. The summed E-state index contributed by atoms with van der Waals surface area (Å²) in [5.41, 5.74) is 1.60. The van der Waals surface area contributed by atoms with Crippen LogP contribution in [0.3, 0.4) is 0 Å². The maximum Gasteiger partial charge on any atom is 0.243 e. The van der Waals surface area contributed by atoms with E-state index in [4.69, 9.17) is 11.6 Å². The Morgan fingerprint density at radius 3 is 2.37 bits per heavy atom. The van der Waals surface area contributed by atoms with Crippen LogP contribution >= 0.6 is 11.6 Å². The highest BCUT2D eigenvalue weighted by Gasteiger charge is 2.44. The monoisotopic (exact) mass is 447 g/mol. The zero-order valence-corrected chi connectivity index (χ0v) is 18.5. The van der Waals surface area contributed by atoms with Gasteiger partial charge in [-0.1, -0.05) is 36.7 Å². The van der Waals surface area contributed by atoms with Crippen LogP contribution < -0.4 is 5.32 Å². The van der Waals surface area contributed by atoms with Crippen LogP contribution in [0.25, 0.3) is 0 Å². The lowest BCUT2D eigenvalue weighted by Gasteiger charge is -2.33. The number of hydrogen-bond donors (Lipinski definition) is 1. The molecule has 1 aliphatic heterocycles. The second kappa shape index (κ2) is 8.67. The van der Waals surface area contributed by atoms with Crippen molar-refractivity contribution in [3.8, 4) is 0 Å². The zero-order valence-electron chi connectivity index (χ0n) is 16.9. The van der Waals surface area contributed by atoms with Crippen molar-refractivity contribution in [1.82, 2.24) is 9.21 Å². The number of hydrogen-bond acceptors (Lipinski definition) is 4. The van der Waals surface area contributed by atoms with Gasteiger partial charge in [0.15, 0.2) is 0 Å². The van der Waals surface area contributed by atoms with E-state index in [1.54, 1.807) is 24.3 Å². The van der Waals surface area contributed by atoms with Crippen molar-refractivity contribution in [3.63, 3.8) is 0 Å². The number of sulfonamides is 1. The maximum atomic E-state index is 12.9. The molecular weight excluding hydrogens is 422 g/mol. The number of halogens is 1. The van der Waals surface area contributed by atoms with E-state index in [0.29, 0.717) is 23.8 Å². The molecule has 1 saturated heterocycles. The molecule has 30 heavy (non-hydrogen) atoms.